The first-order chi connectivity index (χ1) is 11.6. The molecule has 1 N–H and O–H groups in total. The molecule has 0 fully saturated rings. The molecule has 2 nitrogen and oxygen atoms in total. The van der Waals surface area contributed by atoms with Crippen LogP contribution in [0.25, 0.3) is 23.9 Å². The third-order valence-electron chi connectivity index (χ3n) is 4.98. The zero-order chi connectivity index (χ0) is 17.5. The molecule has 0 bridgehead atoms. The van der Waals surface area contributed by atoms with Gasteiger partial charge in [0.1, 0.15) is 0 Å². The van der Waals surface area contributed by atoms with E-state index in [0.717, 1.165) is 23.7 Å². The maximum Gasteiger partial charge on any atom is 0.0421 e. The van der Waals surface area contributed by atoms with E-state index in [1.54, 1.807) is 0 Å². The van der Waals surface area contributed by atoms with Gasteiger partial charge in [0.25, 0.3) is 0 Å². The molecule has 2 aromatic rings. The molecular weight excluding hydrogens is 292 g/mol. The van der Waals surface area contributed by atoms with Crippen LogP contribution in [0.3, 0.4) is 0 Å². The minimum atomic E-state index is 0.456. The number of hydrogen-bond acceptors (Lipinski definition) is 1. The quantitative estimate of drug-likeness (QED) is 0.593. The molecule has 0 radical (unpaired) electrons. The van der Waals surface area contributed by atoms with Gasteiger partial charge in [0, 0.05) is 39.7 Å². The summed E-state index contributed by atoms with van der Waals surface area (Å²) in [6.45, 7) is 16.4. The molecule has 0 aliphatic heterocycles. The number of nitrogens with zero attached hydrogens (tertiary/aromatic N) is 1. The van der Waals surface area contributed by atoms with Gasteiger partial charge in [-0.25, -0.2) is 0 Å². The fraction of sp³-hybridized carbons (Fsp3) is 0.545. The average Bonchev–Trinajstić information content (AvgIpc) is 2.82. The molecule has 1 atom stereocenters. The molecule has 24 heavy (non-hydrogen) atoms. The number of nitrogens with one attached hydrogen (secondary N) is 1. The van der Waals surface area contributed by atoms with Crippen molar-refractivity contribution in [3.63, 3.8) is 0 Å². The summed E-state index contributed by atoms with van der Waals surface area (Å²) in [4.78, 5) is 0. The number of anilines is 1. The van der Waals surface area contributed by atoms with Crippen molar-refractivity contribution in [2.45, 2.75) is 71.8 Å². The Balaban J connectivity index is 2.12. The van der Waals surface area contributed by atoms with Gasteiger partial charge in [-0.1, -0.05) is 65.2 Å². The van der Waals surface area contributed by atoms with E-state index in [1.165, 1.54) is 55.0 Å². The highest BCUT2D eigenvalue weighted by molar-refractivity contribution is 5.86. The molecule has 0 aliphatic rings. The minimum absolute atomic E-state index is 0.456. The molecule has 1 aromatic heterocycles. The monoisotopic (exact) mass is 326 g/mol. The van der Waals surface area contributed by atoms with E-state index >= 15 is 0 Å². The summed E-state index contributed by atoms with van der Waals surface area (Å²) in [5.41, 5.74) is 1.20. The maximum atomic E-state index is 4.34. The Labute approximate surface area is 147 Å². The van der Waals surface area contributed by atoms with Gasteiger partial charge in [0.2, 0.25) is 0 Å². The van der Waals surface area contributed by atoms with Crippen LogP contribution in [0, 0.1) is 0 Å². The summed E-state index contributed by atoms with van der Waals surface area (Å²) in [5, 5.41) is 8.23. The van der Waals surface area contributed by atoms with Crippen LogP contribution in [0.5, 0.6) is 0 Å². The second kappa shape index (κ2) is 8.96. The normalized spacial score (nSPS) is 12.6. The van der Waals surface area contributed by atoms with Gasteiger partial charge in [-0.15, -0.1) is 0 Å². The molecule has 2 rings (SSSR count). The fourth-order valence-corrected chi connectivity index (χ4v) is 3.61. The Bertz CT molecular complexity index is 741. The Hall–Kier alpha value is -1.70. The second-order valence-corrected chi connectivity index (χ2v) is 7.00. The Morgan fingerprint density at radius 2 is 1.67 bits per heavy atom. The van der Waals surface area contributed by atoms with Crippen molar-refractivity contribution in [3.05, 3.63) is 28.9 Å². The van der Waals surface area contributed by atoms with Crippen LogP contribution in [-0.2, 0) is 0 Å². The van der Waals surface area contributed by atoms with E-state index in [-0.39, 0.29) is 0 Å². The lowest BCUT2D eigenvalue weighted by Crippen LogP contribution is -2.28. The first kappa shape index (κ1) is 18.6. The summed E-state index contributed by atoms with van der Waals surface area (Å²) < 4.78 is 2.31. The van der Waals surface area contributed by atoms with Gasteiger partial charge in [-0.2, -0.15) is 0 Å². The average molecular weight is 327 g/mol. The smallest absolute Gasteiger partial charge is 0.0421 e. The van der Waals surface area contributed by atoms with Crippen LogP contribution in [-0.4, -0.2) is 11.1 Å². The molecular formula is C22H34N2. The third-order valence-corrected chi connectivity index (χ3v) is 4.98. The second-order valence-electron chi connectivity index (χ2n) is 7.00. The van der Waals surface area contributed by atoms with Crippen molar-refractivity contribution >= 4 is 29.6 Å². The Kier molecular flexibility index (Phi) is 6.96. The lowest BCUT2D eigenvalue weighted by molar-refractivity contribution is 0.486. The highest BCUT2D eigenvalue weighted by Gasteiger charge is 2.10. The summed E-state index contributed by atoms with van der Waals surface area (Å²) in [7, 11) is 0. The molecule has 1 heterocycles. The lowest BCUT2D eigenvalue weighted by Gasteiger charge is -2.13. The predicted octanol–water partition coefficient (Wildman–Crippen LogP) is 5.21. The molecule has 0 amide bonds. The van der Waals surface area contributed by atoms with E-state index in [0.29, 0.717) is 6.04 Å². The zero-order valence-electron chi connectivity index (χ0n) is 15.8. The van der Waals surface area contributed by atoms with E-state index in [1.807, 2.05) is 0 Å². The summed E-state index contributed by atoms with van der Waals surface area (Å²) in [6.07, 6.45) is 8.91. The maximum absolute atomic E-state index is 4.34. The van der Waals surface area contributed by atoms with Crippen molar-refractivity contribution < 1.29 is 0 Å². The van der Waals surface area contributed by atoms with Gasteiger partial charge < -0.3 is 9.88 Å². The summed E-state index contributed by atoms with van der Waals surface area (Å²) >= 11 is 0. The van der Waals surface area contributed by atoms with Crippen LogP contribution >= 0.6 is 0 Å². The largest absolute Gasteiger partial charge is 0.385 e. The number of fused-ring (bicyclic) bond motifs is 1. The molecule has 0 saturated heterocycles. The van der Waals surface area contributed by atoms with Crippen LogP contribution in [0.2, 0.25) is 0 Å². The van der Waals surface area contributed by atoms with Crippen LogP contribution in [0.15, 0.2) is 18.2 Å². The van der Waals surface area contributed by atoms with Gasteiger partial charge >= 0.3 is 0 Å². The fourth-order valence-electron chi connectivity index (χ4n) is 3.61. The highest BCUT2D eigenvalue weighted by atomic mass is 15.0. The Morgan fingerprint density at radius 1 is 0.958 bits per heavy atom. The van der Waals surface area contributed by atoms with Gasteiger partial charge in [0.15, 0.2) is 0 Å². The van der Waals surface area contributed by atoms with E-state index in [4.69, 9.17) is 0 Å². The zero-order valence-corrected chi connectivity index (χ0v) is 15.8. The third kappa shape index (κ3) is 4.23. The Morgan fingerprint density at radius 3 is 2.38 bits per heavy atom. The van der Waals surface area contributed by atoms with Gasteiger partial charge in [-0.05, 0) is 31.9 Å². The van der Waals surface area contributed by atoms with Gasteiger partial charge in [0.05, 0.1) is 0 Å². The van der Waals surface area contributed by atoms with Crippen LogP contribution < -0.4 is 16.0 Å². The van der Waals surface area contributed by atoms with Crippen molar-refractivity contribution in [1.82, 2.24) is 4.57 Å². The molecule has 2 heteroatoms. The standard InChI is InChI=1S/C22H34N2/c1-6-8-9-10-11-15-23-20-13-14-21-18(4)24(17(3)12-7-2)19(5)22(21)16-20/h13-14,16-17,23H,4-12,15H2,1-3H3. The summed E-state index contributed by atoms with van der Waals surface area (Å²) in [5.74, 6) is 0. The predicted molar refractivity (Wildman–Crippen MR) is 109 cm³/mol. The lowest BCUT2D eigenvalue weighted by atomic mass is 10.1. The summed E-state index contributed by atoms with van der Waals surface area (Å²) in [6, 6.07) is 7.07. The molecule has 1 unspecified atom stereocenters. The topological polar surface area (TPSA) is 17.0 Å². The van der Waals surface area contributed by atoms with Crippen molar-refractivity contribution in [2.75, 3.05) is 11.9 Å². The number of benzene rings is 1. The van der Waals surface area contributed by atoms with E-state index in [2.05, 4.69) is 62.0 Å². The number of hydrogen-bond donors (Lipinski definition) is 1. The number of unbranched alkanes of at least 4 members (excludes halogenated alkanes) is 4. The van der Waals surface area contributed by atoms with Crippen LogP contribution in [0.4, 0.5) is 5.69 Å². The minimum Gasteiger partial charge on any atom is -0.385 e. The molecule has 0 aliphatic carbocycles. The highest BCUT2D eigenvalue weighted by Crippen LogP contribution is 2.17. The number of rotatable bonds is 10. The van der Waals surface area contributed by atoms with E-state index < -0.39 is 0 Å². The molecule has 0 spiro atoms. The van der Waals surface area contributed by atoms with E-state index in [9.17, 15) is 0 Å². The van der Waals surface area contributed by atoms with Crippen molar-refractivity contribution in [3.8, 4) is 0 Å². The SMILES string of the molecule is C=c1c2ccc(NCCCCCCC)cc2c(=C)n1C(C)CCC. The van der Waals surface area contributed by atoms with Crippen LogP contribution in [0.1, 0.15) is 71.8 Å². The molecule has 1 aromatic carbocycles. The van der Waals surface area contributed by atoms with Crippen molar-refractivity contribution in [2.24, 2.45) is 0 Å². The molecule has 0 saturated carbocycles. The molecule has 132 valence electrons. The van der Waals surface area contributed by atoms with Gasteiger partial charge in [-0.3, -0.25) is 0 Å². The first-order valence-corrected chi connectivity index (χ1v) is 9.65. The van der Waals surface area contributed by atoms with Crippen molar-refractivity contribution in [1.29, 1.82) is 0 Å². The number of aromatic nitrogens is 1. The first-order valence-electron chi connectivity index (χ1n) is 9.65.